The van der Waals surface area contributed by atoms with E-state index < -0.39 is 6.10 Å². The molecule has 2 rings (SSSR count). The quantitative estimate of drug-likeness (QED) is 0.866. The number of hydrogen-bond acceptors (Lipinski definition) is 2. The van der Waals surface area contributed by atoms with E-state index in [0.717, 1.165) is 18.4 Å². The number of benzene rings is 1. The fourth-order valence-electron chi connectivity index (χ4n) is 2.78. The summed E-state index contributed by atoms with van der Waals surface area (Å²) in [5.74, 6) is 0.474. The van der Waals surface area contributed by atoms with E-state index in [2.05, 4.69) is 0 Å². The lowest BCUT2D eigenvalue weighted by atomic mass is 9.84. The minimum Gasteiger partial charge on any atom is -0.392 e. The van der Waals surface area contributed by atoms with Crippen molar-refractivity contribution in [2.45, 2.75) is 51.0 Å². The number of ketones is 1. The molecule has 0 aliphatic heterocycles. The number of hydrogen-bond donors (Lipinski definition) is 1. The molecule has 1 aliphatic carbocycles. The number of rotatable bonds is 5. The summed E-state index contributed by atoms with van der Waals surface area (Å²) in [4.78, 5) is 12.0. The summed E-state index contributed by atoms with van der Waals surface area (Å²) >= 11 is 0. The third-order valence-electron chi connectivity index (χ3n) is 3.81. The molecule has 1 N–H and O–H groups in total. The predicted octanol–water partition coefficient (Wildman–Crippen LogP) is 3.13. The van der Waals surface area contributed by atoms with Gasteiger partial charge in [-0.3, -0.25) is 4.79 Å². The first-order chi connectivity index (χ1) is 8.75. The van der Waals surface area contributed by atoms with Gasteiger partial charge in [-0.25, -0.2) is 0 Å². The Morgan fingerprint density at radius 3 is 2.50 bits per heavy atom. The zero-order valence-corrected chi connectivity index (χ0v) is 10.8. The van der Waals surface area contributed by atoms with Crippen molar-refractivity contribution in [2.24, 2.45) is 5.92 Å². The molecule has 98 valence electrons. The van der Waals surface area contributed by atoms with Gasteiger partial charge in [-0.1, -0.05) is 49.6 Å². The summed E-state index contributed by atoms with van der Waals surface area (Å²) in [5, 5.41) is 9.98. The molecule has 2 heteroatoms. The van der Waals surface area contributed by atoms with Crippen LogP contribution in [0.3, 0.4) is 0 Å². The van der Waals surface area contributed by atoms with Gasteiger partial charge in [0.15, 0.2) is 0 Å². The molecule has 1 aromatic carbocycles. The Morgan fingerprint density at radius 2 is 1.83 bits per heavy atom. The van der Waals surface area contributed by atoms with Crippen LogP contribution in [0.2, 0.25) is 0 Å². The Bertz CT molecular complexity index is 366. The number of aliphatic hydroxyl groups excluding tert-OH is 1. The van der Waals surface area contributed by atoms with Gasteiger partial charge in [0.1, 0.15) is 5.78 Å². The smallest absolute Gasteiger partial charge is 0.138 e. The first-order valence-corrected chi connectivity index (χ1v) is 7.00. The van der Waals surface area contributed by atoms with Crippen LogP contribution in [0.25, 0.3) is 0 Å². The lowest BCUT2D eigenvalue weighted by Gasteiger charge is -2.21. The van der Waals surface area contributed by atoms with Gasteiger partial charge in [0.2, 0.25) is 0 Å². The Balaban J connectivity index is 1.79. The van der Waals surface area contributed by atoms with Crippen LogP contribution in [0.5, 0.6) is 0 Å². The van der Waals surface area contributed by atoms with E-state index in [-0.39, 0.29) is 11.7 Å². The average molecular weight is 246 g/mol. The fraction of sp³-hybridized carbons (Fsp3) is 0.562. The molecule has 0 amide bonds. The molecule has 0 bridgehead atoms. The third kappa shape index (κ3) is 3.95. The lowest BCUT2D eigenvalue weighted by molar-refractivity contribution is -0.125. The highest BCUT2D eigenvalue weighted by atomic mass is 16.3. The van der Waals surface area contributed by atoms with Gasteiger partial charge >= 0.3 is 0 Å². The summed E-state index contributed by atoms with van der Waals surface area (Å²) in [7, 11) is 0. The largest absolute Gasteiger partial charge is 0.392 e. The topological polar surface area (TPSA) is 37.3 Å². The number of Topliss-reactive ketones (excluding diaryl/α,β-unsaturated/α-hetero) is 1. The van der Waals surface area contributed by atoms with Gasteiger partial charge in [-0.2, -0.15) is 0 Å². The van der Waals surface area contributed by atoms with Crippen molar-refractivity contribution in [2.75, 3.05) is 0 Å². The molecular formula is C16H22O2. The predicted molar refractivity (Wildman–Crippen MR) is 72.4 cm³/mol. The Hall–Kier alpha value is -1.15. The molecule has 0 aromatic heterocycles. The zero-order chi connectivity index (χ0) is 12.8. The van der Waals surface area contributed by atoms with E-state index in [0.29, 0.717) is 12.8 Å². The van der Waals surface area contributed by atoms with E-state index in [1.165, 1.54) is 19.3 Å². The Labute approximate surface area is 109 Å². The second kappa shape index (κ2) is 6.69. The normalized spacial score (nSPS) is 18.5. The van der Waals surface area contributed by atoms with E-state index in [9.17, 15) is 9.90 Å². The van der Waals surface area contributed by atoms with Crippen LogP contribution in [0.15, 0.2) is 30.3 Å². The van der Waals surface area contributed by atoms with Gasteiger partial charge in [-0.15, -0.1) is 0 Å². The molecule has 1 atom stereocenters. The second-order valence-corrected chi connectivity index (χ2v) is 5.35. The molecule has 0 spiro atoms. The summed E-state index contributed by atoms with van der Waals surface area (Å²) in [6.07, 6.45) is 6.03. The highest BCUT2D eigenvalue weighted by molar-refractivity contribution is 5.81. The highest BCUT2D eigenvalue weighted by Crippen LogP contribution is 2.25. The summed E-state index contributed by atoms with van der Waals surface area (Å²) in [6.45, 7) is 0. The van der Waals surface area contributed by atoms with Crippen LogP contribution in [-0.4, -0.2) is 17.0 Å². The molecular weight excluding hydrogens is 224 g/mol. The molecule has 1 fully saturated rings. The zero-order valence-electron chi connectivity index (χ0n) is 10.8. The third-order valence-corrected chi connectivity index (χ3v) is 3.81. The van der Waals surface area contributed by atoms with Crippen molar-refractivity contribution < 1.29 is 9.90 Å². The molecule has 1 aliphatic rings. The van der Waals surface area contributed by atoms with Crippen LogP contribution in [-0.2, 0) is 11.2 Å². The van der Waals surface area contributed by atoms with Gasteiger partial charge in [0.05, 0.1) is 6.10 Å². The van der Waals surface area contributed by atoms with Crippen LogP contribution < -0.4 is 0 Å². The lowest BCUT2D eigenvalue weighted by Crippen LogP contribution is -2.24. The Kier molecular flexibility index (Phi) is 4.94. The molecule has 0 unspecified atom stereocenters. The van der Waals surface area contributed by atoms with E-state index in [1.807, 2.05) is 30.3 Å². The first kappa shape index (κ1) is 13.3. The minimum atomic E-state index is -0.526. The second-order valence-electron chi connectivity index (χ2n) is 5.35. The average Bonchev–Trinajstić information content (AvgIpc) is 2.40. The van der Waals surface area contributed by atoms with Gasteiger partial charge in [0.25, 0.3) is 0 Å². The summed E-state index contributed by atoms with van der Waals surface area (Å²) < 4.78 is 0. The Morgan fingerprint density at radius 1 is 1.17 bits per heavy atom. The van der Waals surface area contributed by atoms with Crippen molar-refractivity contribution in [1.82, 2.24) is 0 Å². The van der Waals surface area contributed by atoms with Crippen molar-refractivity contribution in [1.29, 1.82) is 0 Å². The highest BCUT2D eigenvalue weighted by Gasteiger charge is 2.23. The van der Waals surface area contributed by atoms with Crippen molar-refractivity contribution >= 4 is 5.78 Å². The first-order valence-electron chi connectivity index (χ1n) is 7.00. The van der Waals surface area contributed by atoms with Crippen molar-refractivity contribution in [3.63, 3.8) is 0 Å². The van der Waals surface area contributed by atoms with E-state index >= 15 is 0 Å². The molecule has 0 radical (unpaired) electrons. The summed E-state index contributed by atoms with van der Waals surface area (Å²) in [5.41, 5.74) is 1.10. The number of aliphatic hydroxyl groups is 1. The van der Waals surface area contributed by atoms with Crippen LogP contribution in [0, 0.1) is 5.92 Å². The molecule has 1 aromatic rings. The fourth-order valence-corrected chi connectivity index (χ4v) is 2.78. The number of carbonyl (C=O) groups excluding carboxylic acids is 1. The minimum absolute atomic E-state index is 0.212. The maximum Gasteiger partial charge on any atom is 0.138 e. The van der Waals surface area contributed by atoms with Crippen molar-refractivity contribution in [3.05, 3.63) is 35.9 Å². The molecule has 2 nitrogen and oxygen atoms in total. The van der Waals surface area contributed by atoms with Gasteiger partial charge in [-0.05, 0) is 24.8 Å². The van der Waals surface area contributed by atoms with Crippen LogP contribution in [0.1, 0.15) is 44.1 Å². The molecule has 18 heavy (non-hydrogen) atoms. The number of carbonyl (C=O) groups is 1. The van der Waals surface area contributed by atoms with Crippen LogP contribution >= 0.6 is 0 Å². The maximum absolute atomic E-state index is 12.0. The van der Waals surface area contributed by atoms with Gasteiger partial charge in [0, 0.05) is 12.3 Å². The van der Waals surface area contributed by atoms with Crippen LogP contribution in [0.4, 0.5) is 0 Å². The maximum atomic E-state index is 12.0. The standard InChI is InChI=1S/C16H22O2/c17-15(11-13-7-3-1-4-8-13)12-16(18)14-9-5-2-6-10-14/h1,3-4,7-8,14-15,17H,2,5-6,9-12H2/t15-/m1/s1. The van der Waals surface area contributed by atoms with E-state index in [4.69, 9.17) is 0 Å². The van der Waals surface area contributed by atoms with E-state index in [1.54, 1.807) is 0 Å². The van der Waals surface area contributed by atoms with Crippen molar-refractivity contribution in [3.8, 4) is 0 Å². The monoisotopic (exact) mass is 246 g/mol. The SMILES string of the molecule is O=C(C[C@H](O)Cc1ccccc1)C1CCCCC1. The summed E-state index contributed by atoms with van der Waals surface area (Å²) in [6, 6.07) is 9.88. The molecule has 1 saturated carbocycles. The molecule has 0 saturated heterocycles. The van der Waals surface area contributed by atoms with Gasteiger partial charge < -0.3 is 5.11 Å². The molecule has 0 heterocycles.